The van der Waals surface area contributed by atoms with E-state index in [4.69, 9.17) is 9.40 Å². The van der Waals surface area contributed by atoms with Crippen molar-refractivity contribution >= 4 is 32.6 Å². The minimum Gasteiger partial charge on any atom is -0.436 e. The first-order valence-electron chi connectivity index (χ1n) is 12.6. The average Bonchev–Trinajstić information content (AvgIpc) is 3.36. The van der Waals surface area contributed by atoms with Crippen LogP contribution in [-0.4, -0.2) is 4.98 Å². The molecule has 7 rings (SSSR count). The molecule has 0 amide bonds. The topological polar surface area (TPSA) is 26.0 Å². The molecule has 6 aromatic carbocycles. The van der Waals surface area contributed by atoms with Crippen molar-refractivity contribution in [2.75, 3.05) is 0 Å². The molecule has 0 saturated heterocycles. The quantitative estimate of drug-likeness (QED) is 0.238. The number of aryl methyl sites for hydroxylation is 2. The number of fused-ring (bicyclic) bond motifs is 3. The summed E-state index contributed by atoms with van der Waals surface area (Å²) in [5, 5.41) is 4.74. The molecule has 37 heavy (non-hydrogen) atoms. The Bertz CT molecular complexity index is 1890. The van der Waals surface area contributed by atoms with E-state index in [0.717, 1.165) is 27.6 Å². The van der Waals surface area contributed by atoms with Gasteiger partial charge in [-0.15, -0.1) is 0 Å². The molecule has 0 atom stereocenters. The molecule has 0 bridgehead atoms. The predicted octanol–water partition coefficient (Wildman–Crippen LogP) is 9.75. The Morgan fingerprint density at radius 2 is 1.22 bits per heavy atom. The Balaban J connectivity index is 1.54. The molecule has 176 valence electrons. The number of hydrogen-bond donors (Lipinski definition) is 0. The van der Waals surface area contributed by atoms with Gasteiger partial charge < -0.3 is 4.42 Å². The molecule has 0 fully saturated rings. The molecule has 2 heteroatoms. The fraction of sp³-hybridized carbons (Fsp3) is 0.0571. The van der Waals surface area contributed by atoms with E-state index in [1.54, 1.807) is 0 Å². The van der Waals surface area contributed by atoms with Gasteiger partial charge in [0.2, 0.25) is 5.89 Å². The number of benzene rings is 6. The van der Waals surface area contributed by atoms with Gasteiger partial charge in [0.1, 0.15) is 5.52 Å². The fourth-order valence-electron chi connectivity index (χ4n) is 5.20. The van der Waals surface area contributed by atoms with Crippen LogP contribution in [0.15, 0.2) is 120 Å². The molecule has 0 aliphatic rings. The van der Waals surface area contributed by atoms with Crippen LogP contribution in [0.3, 0.4) is 0 Å². The van der Waals surface area contributed by atoms with E-state index in [1.165, 1.54) is 44.0 Å². The maximum absolute atomic E-state index is 6.30. The monoisotopic (exact) mass is 475 g/mol. The van der Waals surface area contributed by atoms with E-state index < -0.39 is 0 Å². The Hall–Kier alpha value is -4.69. The third-order valence-corrected chi connectivity index (χ3v) is 7.22. The zero-order valence-electron chi connectivity index (χ0n) is 20.8. The Labute approximate surface area is 215 Å². The summed E-state index contributed by atoms with van der Waals surface area (Å²) >= 11 is 0. The van der Waals surface area contributed by atoms with E-state index in [0.29, 0.717) is 5.89 Å². The van der Waals surface area contributed by atoms with Gasteiger partial charge in [-0.2, -0.15) is 0 Å². The van der Waals surface area contributed by atoms with Crippen LogP contribution in [0, 0.1) is 13.8 Å². The number of para-hydroxylation sites is 2. The van der Waals surface area contributed by atoms with Crippen LogP contribution in [-0.2, 0) is 0 Å². The lowest BCUT2D eigenvalue weighted by molar-refractivity contribution is 0.620. The summed E-state index contributed by atoms with van der Waals surface area (Å²) in [6.45, 7) is 4.24. The molecular formula is C35H25NO. The third kappa shape index (κ3) is 3.78. The van der Waals surface area contributed by atoms with Crippen LogP contribution in [0.5, 0.6) is 0 Å². The SMILES string of the molecule is Cc1ccc(-c2cc(-c3nc4ccccc4o3)c3cc4c(-c5ccc(C)cc5)cccc4cc3c2)cc1. The van der Waals surface area contributed by atoms with Gasteiger partial charge in [0.05, 0.1) is 0 Å². The van der Waals surface area contributed by atoms with Crippen molar-refractivity contribution < 1.29 is 4.42 Å². The van der Waals surface area contributed by atoms with Crippen LogP contribution < -0.4 is 0 Å². The zero-order chi connectivity index (χ0) is 24.9. The second-order valence-electron chi connectivity index (χ2n) is 9.84. The minimum atomic E-state index is 0.646. The first kappa shape index (κ1) is 21.6. The summed E-state index contributed by atoms with van der Waals surface area (Å²) in [4.78, 5) is 4.89. The summed E-state index contributed by atoms with van der Waals surface area (Å²) in [6.07, 6.45) is 0. The average molecular weight is 476 g/mol. The Kier molecular flexibility index (Phi) is 4.93. The molecule has 0 radical (unpaired) electrons. The molecule has 0 aliphatic heterocycles. The number of hydrogen-bond acceptors (Lipinski definition) is 2. The smallest absolute Gasteiger partial charge is 0.227 e. The maximum Gasteiger partial charge on any atom is 0.227 e. The number of rotatable bonds is 3. The van der Waals surface area contributed by atoms with E-state index in [1.807, 2.05) is 24.3 Å². The predicted molar refractivity (Wildman–Crippen MR) is 155 cm³/mol. The zero-order valence-corrected chi connectivity index (χ0v) is 20.8. The van der Waals surface area contributed by atoms with Crippen molar-refractivity contribution in [3.63, 3.8) is 0 Å². The molecule has 7 aromatic rings. The van der Waals surface area contributed by atoms with E-state index in [9.17, 15) is 0 Å². The first-order chi connectivity index (χ1) is 18.1. The van der Waals surface area contributed by atoms with E-state index in [2.05, 4.69) is 105 Å². The van der Waals surface area contributed by atoms with Crippen molar-refractivity contribution in [2.45, 2.75) is 13.8 Å². The Morgan fingerprint density at radius 3 is 1.97 bits per heavy atom. The van der Waals surface area contributed by atoms with Gasteiger partial charge in [-0.25, -0.2) is 4.98 Å². The van der Waals surface area contributed by atoms with Gasteiger partial charge in [0.15, 0.2) is 5.58 Å². The maximum atomic E-state index is 6.30. The van der Waals surface area contributed by atoms with Crippen LogP contribution in [0.2, 0.25) is 0 Å². The largest absolute Gasteiger partial charge is 0.436 e. The van der Waals surface area contributed by atoms with Crippen LogP contribution in [0.25, 0.3) is 66.4 Å². The lowest BCUT2D eigenvalue weighted by atomic mass is 9.91. The summed E-state index contributed by atoms with van der Waals surface area (Å²) in [5.41, 5.74) is 9.96. The summed E-state index contributed by atoms with van der Waals surface area (Å²) in [7, 11) is 0. The molecule has 0 unspecified atom stereocenters. The van der Waals surface area contributed by atoms with Gasteiger partial charge in [-0.1, -0.05) is 90.0 Å². The molecule has 0 saturated carbocycles. The highest BCUT2D eigenvalue weighted by Gasteiger charge is 2.16. The highest BCUT2D eigenvalue weighted by atomic mass is 16.3. The molecular weight excluding hydrogens is 450 g/mol. The summed E-state index contributed by atoms with van der Waals surface area (Å²) in [6, 6.07) is 41.1. The molecule has 2 nitrogen and oxygen atoms in total. The Morgan fingerprint density at radius 1 is 0.514 bits per heavy atom. The number of nitrogens with zero attached hydrogens (tertiary/aromatic N) is 1. The number of aromatic nitrogens is 1. The van der Waals surface area contributed by atoms with Crippen molar-refractivity contribution in [1.82, 2.24) is 4.98 Å². The van der Waals surface area contributed by atoms with Gasteiger partial charge >= 0.3 is 0 Å². The lowest BCUT2D eigenvalue weighted by Crippen LogP contribution is -1.88. The normalized spacial score (nSPS) is 11.5. The van der Waals surface area contributed by atoms with Crippen molar-refractivity contribution in [2.24, 2.45) is 0 Å². The van der Waals surface area contributed by atoms with Gasteiger partial charge in [-0.3, -0.25) is 0 Å². The van der Waals surface area contributed by atoms with Crippen LogP contribution in [0.4, 0.5) is 0 Å². The van der Waals surface area contributed by atoms with E-state index in [-0.39, 0.29) is 0 Å². The summed E-state index contributed by atoms with van der Waals surface area (Å²) < 4.78 is 6.30. The fourth-order valence-corrected chi connectivity index (χ4v) is 5.20. The van der Waals surface area contributed by atoms with Gasteiger partial charge in [0.25, 0.3) is 0 Å². The van der Waals surface area contributed by atoms with Crippen molar-refractivity contribution in [3.05, 3.63) is 126 Å². The van der Waals surface area contributed by atoms with Crippen molar-refractivity contribution in [3.8, 4) is 33.7 Å². The van der Waals surface area contributed by atoms with E-state index >= 15 is 0 Å². The van der Waals surface area contributed by atoms with Crippen molar-refractivity contribution in [1.29, 1.82) is 0 Å². The number of oxazole rings is 1. The van der Waals surface area contributed by atoms with Gasteiger partial charge in [0, 0.05) is 5.56 Å². The highest BCUT2D eigenvalue weighted by Crippen LogP contribution is 2.39. The minimum absolute atomic E-state index is 0.646. The molecule has 1 heterocycles. The first-order valence-corrected chi connectivity index (χ1v) is 12.6. The molecule has 0 N–H and O–H groups in total. The van der Waals surface area contributed by atoms with Crippen LogP contribution in [0.1, 0.15) is 11.1 Å². The standard InChI is InChI=1S/C35H25NO/c1-22-10-14-24(15-11-22)27-19-28-18-26-6-5-7-29(25-16-12-23(2)13-17-25)30(26)21-31(28)32(20-27)35-36-33-8-3-4-9-34(33)37-35/h3-21H,1-2H3. The lowest BCUT2D eigenvalue weighted by Gasteiger charge is -2.13. The molecule has 1 aromatic heterocycles. The van der Waals surface area contributed by atoms with Crippen LogP contribution >= 0.6 is 0 Å². The second-order valence-corrected chi connectivity index (χ2v) is 9.84. The summed E-state index contributed by atoms with van der Waals surface area (Å²) in [5.74, 6) is 0.646. The third-order valence-electron chi connectivity index (χ3n) is 7.22. The second kappa shape index (κ2) is 8.46. The van der Waals surface area contributed by atoms with Gasteiger partial charge in [-0.05, 0) is 94.0 Å². The molecule has 0 aliphatic carbocycles. The molecule has 0 spiro atoms. The highest BCUT2D eigenvalue weighted by molar-refractivity contribution is 6.10.